The van der Waals surface area contributed by atoms with Crippen molar-refractivity contribution in [3.63, 3.8) is 0 Å². The highest BCUT2D eigenvalue weighted by Gasteiger charge is 2.42. The lowest BCUT2D eigenvalue weighted by atomic mass is 10.0. The molecule has 2 N–H and O–H groups in total. The molecule has 29 heavy (non-hydrogen) atoms. The van der Waals surface area contributed by atoms with Crippen molar-refractivity contribution in [3.05, 3.63) is 29.8 Å². The van der Waals surface area contributed by atoms with Crippen LogP contribution in [0.5, 0.6) is 0 Å². The van der Waals surface area contributed by atoms with Crippen LogP contribution in [-0.4, -0.2) is 73.4 Å². The van der Waals surface area contributed by atoms with E-state index in [-0.39, 0.29) is 36.8 Å². The molecule has 6 nitrogen and oxygen atoms in total. The SMILES string of the molecule is CN1CCCC(N(C)C(=O)c2ccc(NC(=O)C3CC(F)(F)CN3)cc2)C1.Cl.Cl. The molecule has 2 amide bonds. The number of anilines is 1. The molecule has 10 heteroatoms. The first-order chi connectivity index (χ1) is 12.7. The second kappa shape index (κ2) is 10.5. The summed E-state index contributed by atoms with van der Waals surface area (Å²) < 4.78 is 26.4. The van der Waals surface area contributed by atoms with E-state index >= 15 is 0 Å². The summed E-state index contributed by atoms with van der Waals surface area (Å²) in [5.41, 5.74) is 1.02. The molecular weight excluding hydrogens is 425 g/mol. The molecule has 2 aliphatic rings. The quantitative estimate of drug-likeness (QED) is 0.736. The molecule has 2 fully saturated rings. The summed E-state index contributed by atoms with van der Waals surface area (Å²) in [6.07, 6.45) is 1.55. The van der Waals surface area contributed by atoms with E-state index in [1.165, 1.54) is 0 Å². The van der Waals surface area contributed by atoms with Crippen molar-refractivity contribution in [2.75, 3.05) is 39.0 Å². The summed E-state index contributed by atoms with van der Waals surface area (Å²) in [4.78, 5) is 28.8. The van der Waals surface area contributed by atoms with Crippen LogP contribution in [0.25, 0.3) is 0 Å². The lowest BCUT2D eigenvalue weighted by molar-refractivity contribution is -0.118. The number of likely N-dealkylation sites (tertiary alicyclic amines) is 1. The van der Waals surface area contributed by atoms with E-state index in [9.17, 15) is 18.4 Å². The molecule has 0 saturated carbocycles. The van der Waals surface area contributed by atoms with E-state index in [1.54, 1.807) is 29.2 Å². The smallest absolute Gasteiger partial charge is 0.262 e. The molecule has 1 aromatic carbocycles. The molecule has 2 saturated heterocycles. The van der Waals surface area contributed by atoms with Gasteiger partial charge in [0.2, 0.25) is 5.91 Å². The number of rotatable bonds is 4. The van der Waals surface area contributed by atoms with Gasteiger partial charge in [-0.2, -0.15) is 0 Å². The number of halogens is 4. The maximum absolute atomic E-state index is 13.2. The first kappa shape index (κ1) is 25.6. The maximum Gasteiger partial charge on any atom is 0.262 e. The lowest BCUT2D eigenvalue weighted by Gasteiger charge is -2.35. The first-order valence-electron chi connectivity index (χ1n) is 9.23. The third-order valence-electron chi connectivity index (χ3n) is 5.29. The van der Waals surface area contributed by atoms with Crippen LogP contribution in [0.15, 0.2) is 24.3 Å². The Hall–Kier alpha value is -1.48. The van der Waals surface area contributed by atoms with E-state index in [1.807, 2.05) is 7.05 Å². The summed E-state index contributed by atoms with van der Waals surface area (Å²) in [7, 11) is 3.87. The zero-order valence-corrected chi connectivity index (χ0v) is 18.1. The highest BCUT2D eigenvalue weighted by atomic mass is 35.5. The molecule has 3 rings (SSSR count). The van der Waals surface area contributed by atoms with E-state index in [4.69, 9.17) is 0 Å². The number of nitrogens with one attached hydrogen (secondary N) is 2. The van der Waals surface area contributed by atoms with Gasteiger partial charge in [-0.15, -0.1) is 24.8 Å². The van der Waals surface area contributed by atoms with Crippen molar-refractivity contribution in [2.24, 2.45) is 0 Å². The third kappa shape index (κ3) is 6.50. The number of piperidine rings is 1. The maximum atomic E-state index is 13.2. The van der Waals surface area contributed by atoms with Gasteiger partial charge in [-0.3, -0.25) is 14.9 Å². The van der Waals surface area contributed by atoms with Crippen LogP contribution in [0, 0.1) is 0 Å². The Balaban J connectivity index is 0.00000210. The van der Waals surface area contributed by atoms with E-state index in [0.29, 0.717) is 11.3 Å². The largest absolute Gasteiger partial charge is 0.337 e. The number of hydrogen-bond donors (Lipinski definition) is 2. The summed E-state index contributed by atoms with van der Waals surface area (Å²) in [6.45, 7) is 1.42. The Morgan fingerprint density at radius 1 is 1.24 bits per heavy atom. The minimum absolute atomic E-state index is 0. The number of hydrogen-bond acceptors (Lipinski definition) is 4. The Morgan fingerprint density at radius 3 is 2.45 bits per heavy atom. The van der Waals surface area contributed by atoms with Crippen molar-refractivity contribution >= 4 is 42.3 Å². The van der Waals surface area contributed by atoms with Gasteiger partial charge in [-0.25, -0.2) is 8.78 Å². The van der Waals surface area contributed by atoms with Gasteiger partial charge in [-0.1, -0.05) is 0 Å². The first-order valence-corrected chi connectivity index (χ1v) is 9.23. The lowest BCUT2D eigenvalue weighted by Crippen LogP contribution is -2.47. The van der Waals surface area contributed by atoms with E-state index in [0.717, 1.165) is 25.9 Å². The Labute approximate surface area is 182 Å². The summed E-state index contributed by atoms with van der Waals surface area (Å²) >= 11 is 0. The molecule has 2 aliphatic heterocycles. The van der Waals surface area contributed by atoms with Crippen LogP contribution in [-0.2, 0) is 4.79 Å². The van der Waals surface area contributed by atoms with Crippen molar-refractivity contribution in [1.82, 2.24) is 15.1 Å². The van der Waals surface area contributed by atoms with Crippen LogP contribution in [0.1, 0.15) is 29.6 Å². The van der Waals surface area contributed by atoms with Gasteiger partial charge in [0, 0.05) is 37.3 Å². The number of carbonyl (C=O) groups excluding carboxylic acids is 2. The average molecular weight is 453 g/mol. The minimum Gasteiger partial charge on any atom is -0.337 e. The fraction of sp³-hybridized carbons (Fsp3) is 0.579. The van der Waals surface area contributed by atoms with Gasteiger partial charge < -0.3 is 15.1 Å². The van der Waals surface area contributed by atoms with Gasteiger partial charge in [0.05, 0.1) is 12.6 Å². The summed E-state index contributed by atoms with van der Waals surface area (Å²) in [5.74, 6) is -3.41. The summed E-state index contributed by atoms with van der Waals surface area (Å²) in [5, 5.41) is 5.14. The van der Waals surface area contributed by atoms with Crippen LogP contribution in [0.3, 0.4) is 0 Å². The minimum atomic E-state index is -2.85. The third-order valence-corrected chi connectivity index (χ3v) is 5.29. The standard InChI is InChI=1S/C19H26F2N4O2.2ClH/c1-24-9-3-4-15(11-24)25(2)18(27)13-5-7-14(8-6-13)23-17(26)16-10-19(20,21)12-22-16;;/h5-8,15-16,22H,3-4,9-12H2,1-2H3,(H,23,26);2*1H. The number of alkyl halides is 2. The van der Waals surface area contributed by atoms with Crippen LogP contribution in [0.4, 0.5) is 14.5 Å². The molecule has 0 bridgehead atoms. The fourth-order valence-corrected chi connectivity index (χ4v) is 3.65. The fourth-order valence-electron chi connectivity index (χ4n) is 3.65. The molecule has 0 spiro atoms. The van der Waals surface area contributed by atoms with Gasteiger partial charge in [0.25, 0.3) is 11.8 Å². The van der Waals surface area contributed by atoms with Crippen molar-refractivity contribution in [3.8, 4) is 0 Å². The number of amides is 2. The number of benzene rings is 1. The Bertz CT molecular complexity index is 706. The summed E-state index contributed by atoms with van der Waals surface area (Å²) in [6, 6.07) is 5.83. The highest BCUT2D eigenvalue weighted by molar-refractivity contribution is 5.97. The van der Waals surface area contributed by atoms with Crippen LogP contribution in [0.2, 0.25) is 0 Å². The van der Waals surface area contributed by atoms with Crippen molar-refractivity contribution < 1.29 is 18.4 Å². The van der Waals surface area contributed by atoms with Crippen LogP contribution < -0.4 is 10.6 Å². The molecule has 164 valence electrons. The topological polar surface area (TPSA) is 64.7 Å². The zero-order chi connectivity index (χ0) is 19.6. The van der Waals surface area contributed by atoms with E-state index < -0.39 is 30.8 Å². The van der Waals surface area contributed by atoms with Gasteiger partial charge in [-0.05, 0) is 50.7 Å². The normalized spacial score (nSPS) is 23.4. The van der Waals surface area contributed by atoms with Gasteiger partial charge >= 0.3 is 0 Å². The van der Waals surface area contributed by atoms with Crippen LogP contribution >= 0.6 is 24.8 Å². The molecule has 0 radical (unpaired) electrons. The second-order valence-corrected chi connectivity index (χ2v) is 7.53. The van der Waals surface area contributed by atoms with Crippen molar-refractivity contribution in [2.45, 2.75) is 37.3 Å². The van der Waals surface area contributed by atoms with Crippen molar-refractivity contribution in [1.29, 1.82) is 0 Å². The second-order valence-electron chi connectivity index (χ2n) is 7.53. The Kier molecular flexibility index (Phi) is 9.27. The number of carbonyl (C=O) groups is 2. The number of nitrogens with zero attached hydrogens (tertiary/aromatic N) is 2. The molecule has 0 aromatic heterocycles. The van der Waals surface area contributed by atoms with E-state index in [2.05, 4.69) is 22.6 Å². The highest BCUT2D eigenvalue weighted by Crippen LogP contribution is 2.26. The molecule has 2 atom stereocenters. The molecule has 0 aliphatic carbocycles. The monoisotopic (exact) mass is 452 g/mol. The molecular formula is C19H28Cl2F2N4O2. The van der Waals surface area contributed by atoms with Gasteiger partial charge in [0.15, 0.2) is 0 Å². The molecule has 1 aromatic rings. The molecule has 2 heterocycles. The number of likely N-dealkylation sites (N-methyl/N-ethyl adjacent to an activating group) is 2. The zero-order valence-electron chi connectivity index (χ0n) is 16.5. The van der Waals surface area contributed by atoms with Gasteiger partial charge in [0.1, 0.15) is 0 Å². The predicted octanol–water partition coefficient (Wildman–Crippen LogP) is 2.63. The Morgan fingerprint density at radius 2 is 1.90 bits per heavy atom. The average Bonchev–Trinajstić information content (AvgIpc) is 3.01. The molecule has 2 unspecified atom stereocenters. The predicted molar refractivity (Wildman–Crippen MR) is 114 cm³/mol.